The maximum Gasteiger partial charge on any atom is 0.148 e. The number of Topliss-reactive ketones (excluding diaryl/α,β-unsaturated/α-hetero) is 1. The number of hydrogen-bond acceptors (Lipinski definition) is 1. The van der Waals surface area contributed by atoms with E-state index < -0.39 is 0 Å². The van der Waals surface area contributed by atoms with Crippen LogP contribution < -0.4 is 0 Å². The van der Waals surface area contributed by atoms with Crippen LogP contribution in [0.1, 0.15) is 47.5 Å². The van der Waals surface area contributed by atoms with Gasteiger partial charge in [-0.2, -0.15) is 0 Å². The van der Waals surface area contributed by atoms with E-state index in [1.807, 2.05) is 13.8 Å². The highest BCUT2D eigenvalue weighted by atomic mass is 16.1. The Morgan fingerprint density at radius 2 is 1.93 bits per heavy atom. The molecule has 0 N–H and O–H groups in total. The van der Waals surface area contributed by atoms with Gasteiger partial charge in [-0.05, 0) is 32.6 Å². The van der Waals surface area contributed by atoms with Crippen molar-refractivity contribution in [1.82, 2.24) is 0 Å². The summed E-state index contributed by atoms with van der Waals surface area (Å²) in [6.07, 6.45) is 2.09. The van der Waals surface area contributed by atoms with E-state index in [2.05, 4.69) is 27.4 Å². The molecule has 1 aliphatic carbocycles. The minimum atomic E-state index is -0.282. The summed E-state index contributed by atoms with van der Waals surface area (Å²) in [5, 5.41) is 0. The average Bonchev–Trinajstić information content (AvgIpc) is 2.09. The SMILES string of the molecule is C=C(C)C1(C)CC[C@@H](C)C(C)(C)C1=O. The molecule has 0 aromatic rings. The first kappa shape index (κ1) is 11.5. The van der Waals surface area contributed by atoms with Gasteiger partial charge in [-0.1, -0.05) is 32.9 Å². The van der Waals surface area contributed by atoms with Gasteiger partial charge in [-0.15, -0.1) is 0 Å². The lowest BCUT2D eigenvalue weighted by Crippen LogP contribution is -2.47. The van der Waals surface area contributed by atoms with Crippen molar-refractivity contribution in [2.24, 2.45) is 16.7 Å². The van der Waals surface area contributed by atoms with Crippen molar-refractivity contribution < 1.29 is 4.79 Å². The van der Waals surface area contributed by atoms with Crippen LogP contribution in [-0.2, 0) is 4.79 Å². The highest BCUT2D eigenvalue weighted by Crippen LogP contribution is 2.48. The van der Waals surface area contributed by atoms with Crippen LogP contribution in [0.15, 0.2) is 12.2 Å². The monoisotopic (exact) mass is 194 g/mol. The number of ketones is 1. The molecule has 0 radical (unpaired) electrons. The van der Waals surface area contributed by atoms with Crippen LogP contribution in [0.5, 0.6) is 0 Å². The van der Waals surface area contributed by atoms with E-state index in [-0.39, 0.29) is 10.8 Å². The fourth-order valence-electron chi connectivity index (χ4n) is 2.32. The average molecular weight is 194 g/mol. The topological polar surface area (TPSA) is 17.1 Å². The van der Waals surface area contributed by atoms with Crippen LogP contribution in [0.2, 0.25) is 0 Å². The molecular weight excluding hydrogens is 172 g/mol. The van der Waals surface area contributed by atoms with Gasteiger partial charge in [0, 0.05) is 10.8 Å². The molecule has 1 nitrogen and oxygen atoms in total. The zero-order valence-electron chi connectivity index (χ0n) is 10.1. The fourth-order valence-corrected chi connectivity index (χ4v) is 2.32. The minimum Gasteiger partial charge on any atom is -0.298 e. The third kappa shape index (κ3) is 1.43. The standard InChI is InChI=1S/C13H22O/c1-9(2)13(6)8-7-10(3)12(4,5)11(13)14/h10H,1,7-8H2,2-6H3/t10-,13?/m1/s1. The Hall–Kier alpha value is -0.590. The lowest BCUT2D eigenvalue weighted by molar-refractivity contribution is -0.141. The summed E-state index contributed by atoms with van der Waals surface area (Å²) in [5.74, 6) is 0.860. The maximum atomic E-state index is 12.4. The molecule has 14 heavy (non-hydrogen) atoms. The van der Waals surface area contributed by atoms with Gasteiger partial charge in [0.15, 0.2) is 0 Å². The molecule has 0 amide bonds. The third-order valence-corrected chi connectivity index (χ3v) is 4.34. The Morgan fingerprint density at radius 3 is 2.36 bits per heavy atom. The Labute approximate surface area is 87.6 Å². The molecule has 1 fully saturated rings. The molecule has 0 aromatic carbocycles. The van der Waals surface area contributed by atoms with Crippen molar-refractivity contribution in [2.75, 3.05) is 0 Å². The molecule has 80 valence electrons. The minimum absolute atomic E-state index is 0.189. The van der Waals surface area contributed by atoms with Gasteiger partial charge in [0.1, 0.15) is 5.78 Å². The molecule has 0 aromatic heterocycles. The van der Waals surface area contributed by atoms with Crippen LogP contribution in [-0.4, -0.2) is 5.78 Å². The van der Waals surface area contributed by atoms with Crippen molar-refractivity contribution in [3.63, 3.8) is 0 Å². The molecule has 0 heterocycles. The zero-order chi connectivity index (χ0) is 11.1. The van der Waals surface area contributed by atoms with E-state index in [0.29, 0.717) is 11.7 Å². The van der Waals surface area contributed by atoms with E-state index in [1.54, 1.807) is 0 Å². The van der Waals surface area contributed by atoms with Gasteiger partial charge < -0.3 is 0 Å². The third-order valence-electron chi connectivity index (χ3n) is 4.34. The smallest absolute Gasteiger partial charge is 0.148 e. The number of carbonyl (C=O) groups is 1. The van der Waals surface area contributed by atoms with Crippen LogP contribution >= 0.6 is 0 Å². The molecule has 1 aliphatic rings. The van der Waals surface area contributed by atoms with Crippen molar-refractivity contribution >= 4 is 5.78 Å². The molecular formula is C13H22O. The van der Waals surface area contributed by atoms with Crippen LogP contribution in [0, 0.1) is 16.7 Å². The Kier molecular flexibility index (Phi) is 2.64. The summed E-state index contributed by atoms with van der Waals surface area (Å²) in [6.45, 7) is 14.3. The molecule has 1 unspecified atom stereocenters. The predicted octanol–water partition coefficient (Wildman–Crippen LogP) is 3.59. The fraction of sp³-hybridized carbons (Fsp3) is 0.769. The van der Waals surface area contributed by atoms with Crippen molar-refractivity contribution in [1.29, 1.82) is 0 Å². The Morgan fingerprint density at radius 1 is 1.43 bits per heavy atom. The summed E-state index contributed by atoms with van der Waals surface area (Å²) in [5.41, 5.74) is 0.546. The molecule has 2 atom stereocenters. The second-order valence-electron chi connectivity index (χ2n) is 5.60. The zero-order valence-corrected chi connectivity index (χ0v) is 10.1. The molecule has 0 aliphatic heterocycles. The first-order valence-electron chi connectivity index (χ1n) is 5.44. The van der Waals surface area contributed by atoms with E-state index >= 15 is 0 Å². The first-order valence-corrected chi connectivity index (χ1v) is 5.44. The summed E-state index contributed by atoms with van der Waals surface area (Å²) < 4.78 is 0. The van der Waals surface area contributed by atoms with Crippen molar-refractivity contribution in [2.45, 2.75) is 47.5 Å². The number of carbonyl (C=O) groups excluding carboxylic acids is 1. The van der Waals surface area contributed by atoms with Gasteiger partial charge in [0.2, 0.25) is 0 Å². The predicted molar refractivity (Wildman–Crippen MR) is 60.1 cm³/mol. The van der Waals surface area contributed by atoms with Gasteiger partial charge in [0.25, 0.3) is 0 Å². The van der Waals surface area contributed by atoms with E-state index in [0.717, 1.165) is 18.4 Å². The highest BCUT2D eigenvalue weighted by Gasteiger charge is 2.49. The summed E-state index contributed by atoms with van der Waals surface area (Å²) >= 11 is 0. The van der Waals surface area contributed by atoms with Crippen LogP contribution in [0.4, 0.5) is 0 Å². The summed E-state index contributed by atoms with van der Waals surface area (Å²) in [7, 11) is 0. The number of hydrogen-bond donors (Lipinski definition) is 0. The molecule has 1 rings (SSSR count). The largest absolute Gasteiger partial charge is 0.298 e. The van der Waals surface area contributed by atoms with E-state index in [9.17, 15) is 4.79 Å². The second kappa shape index (κ2) is 3.22. The summed E-state index contributed by atoms with van der Waals surface area (Å²) in [4.78, 5) is 12.4. The van der Waals surface area contributed by atoms with Crippen molar-refractivity contribution in [3.05, 3.63) is 12.2 Å². The summed E-state index contributed by atoms with van der Waals surface area (Å²) in [6, 6.07) is 0. The Balaban J connectivity index is 3.08. The lowest BCUT2D eigenvalue weighted by atomic mass is 9.57. The number of allylic oxidation sites excluding steroid dienone is 1. The molecule has 1 heteroatoms. The van der Waals surface area contributed by atoms with Gasteiger partial charge in [-0.25, -0.2) is 0 Å². The molecule has 0 saturated heterocycles. The van der Waals surface area contributed by atoms with Gasteiger partial charge in [0.05, 0.1) is 0 Å². The van der Waals surface area contributed by atoms with Crippen molar-refractivity contribution in [3.8, 4) is 0 Å². The number of rotatable bonds is 1. The quantitative estimate of drug-likeness (QED) is 0.583. The molecule has 0 bridgehead atoms. The Bertz CT molecular complexity index is 275. The normalized spacial score (nSPS) is 36.9. The van der Waals surface area contributed by atoms with Crippen LogP contribution in [0.3, 0.4) is 0 Å². The van der Waals surface area contributed by atoms with E-state index in [1.165, 1.54) is 0 Å². The second-order valence-corrected chi connectivity index (χ2v) is 5.60. The van der Waals surface area contributed by atoms with E-state index in [4.69, 9.17) is 0 Å². The molecule has 1 saturated carbocycles. The van der Waals surface area contributed by atoms with Gasteiger partial charge in [-0.3, -0.25) is 4.79 Å². The lowest BCUT2D eigenvalue weighted by Gasteiger charge is -2.45. The van der Waals surface area contributed by atoms with Crippen LogP contribution in [0.25, 0.3) is 0 Å². The molecule has 0 spiro atoms. The van der Waals surface area contributed by atoms with Gasteiger partial charge >= 0.3 is 0 Å². The maximum absolute atomic E-state index is 12.4. The highest BCUT2D eigenvalue weighted by molar-refractivity contribution is 5.92. The first-order chi connectivity index (χ1) is 6.23.